The lowest BCUT2D eigenvalue weighted by Crippen LogP contribution is -2.46. The van der Waals surface area contributed by atoms with Crippen LogP contribution in [0.2, 0.25) is 0 Å². The van der Waals surface area contributed by atoms with E-state index in [0.29, 0.717) is 6.54 Å². The Morgan fingerprint density at radius 1 is 1.37 bits per heavy atom. The van der Waals surface area contributed by atoms with Gasteiger partial charge in [-0.05, 0) is 24.6 Å². The summed E-state index contributed by atoms with van der Waals surface area (Å²) in [5.74, 6) is -0.316. The summed E-state index contributed by atoms with van der Waals surface area (Å²) < 4.78 is 17.5. The monoisotopic (exact) mass is 270 g/mol. The van der Waals surface area contributed by atoms with Crippen LogP contribution >= 0.6 is 0 Å². The van der Waals surface area contributed by atoms with Crippen molar-refractivity contribution in [3.8, 4) is 0 Å². The summed E-state index contributed by atoms with van der Waals surface area (Å²) in [5.41, 5.74) is -0.317. The first-order valence-corrected chi connectivity index (χ1v) is 5.90. The van der Waals surface area contributed by atoms with E-state index in [1.165, 1.54) is 19.2 Å². The van der Waals surface area contributed by atoms with Crippen LogP contribution in [0.1, 0.15) is 12.5 Å². The summed E-state index contributed by atoms with van der Waals surface area (Å²) in [6.07, 6.45) is 0. The Morgan fingerprint density at radius 3 is 2.58 bits per heavy atom. The van der Waals surface area contributed by atoms with Crippen molar-refractivity contribution < 1.29 is 19.0 Å². The summed E-state index contributed by atoms with van der Waals surface area (Å²) in [6, 6.07) is 5.45. The van der Waals surface area contributed by atoms with Crippen molar-refractivity contribution in [3.05, 3.63) is 35.6 Å². The van der Waals surface area contributed by atoms with Gasteiger partial charge in [-0.15, -0.1) is 0 Å². The maximum Gasteiger partial charge on any atom is 0.315 e. The number of hydrogen-bond acceptors (Lipinski definition) is 3. The van der Waals surface area contributed by atoms with E-state index in [1.807, 2.05) is 0 Å². The van der Waals surface area contributed by atoms with Gasteiger partial charge in [0, 0.05) is 13.7 Å². The lowest BCUT2D eigenvalue weighted by Gasteiger charge is -2.22. The number of aliphatic hydroxyl groups is 1. The lowest BCUT2D eigenvalue weighted by molar-refractivity contribution is -0.0136. The largest absolute Gasteiger partial charge is 0.386 e. The van der Waals surface area contributed by atoms with Gasteiger partial charge in [-0.2, -0.15) is 0 Å². The molecule has 0 aromatic heterocycles. The fourth-order valence-corrected chi connectivity index (χ4v) is 1.48. The third-order valence-corrected chi connectivity index (χ3v) is 2.45. The van der Waals surface area contributed by atoms with E-state index in [4.69, 9.17) is 4.74 Å². The predicted molar refractivity (Wildman–Crippen MR) is 69.1 cm³/mol. The van der Waals surface area contributed by atoms with Crippen LogP contribution in [0, 0.1) is 5.82 Å². The molecule has 0 heterocycles. The zero-order valence-electron chi connectivity index (χ0n) is 11.1. The Morgan fingerprint density at radius 2 is 2.00 bits per heavy atom. The second-order valence-electron chi connectivity index (χ2n) is 4.59. The highest BCUT2D eigenvalue weighted by Gasteiger charge is 2.20. The third-order valence-electron chi connectivity index (χ3n) is 2.45. The molecule has 1 aromatic rings. The summed E-state index contributed by atoms with van der Waals surface area (Å²) in [7, 11) is 1.48. The van der Waals surface area contributed by atoms with E-state index in [0.717, 1.165) is 5.56 Å². The Bertz CT molecular complexity index is 407. The molecule has 0 bridgehead atoms. The van der Waals surface area contributed by atoms with Crippen LogP contribution in [-0.2, 0) is 11.3 Å². The summed E-state index contributed by atoms with van der Waals surface area (Å²) in [6.45, 7) is 2.07. The molecule has 0 radical (unpaired) electrons. The standard InChI is InChI=1S/C13H19FN2O3/c1-13(18,9-19-2)8-16-12(17)15-7-10-3-5-11(14)6-4-10/h3-6,18H,7-9H2,1-2H3,(H2,15,16,17)/t13-/m1/s1. The van der Waals surface area contributed by atoms with Crippen LogP contribution < -0.4 is 10.6 Å². The van der Waals surface area contributed by atoms with Gasteiger partial charge in [0.25, 0.3) is 0 Å². The van der Waals surface area contributed by atoms with Crippen molar-refractivity contribution in [3.63, 3.8) is 0 Å². The average molecular weight is 270 g/mol. The molecule has 0 aliphatic rings. The van der Waals surface area contributed by atoms with Crippen LogP contribution in [0.3, 0.4) is 0 Å². The second-order valence-corrected chi connectivity index (χ2v) is 4.59. The first kappa shape index (κ1) is 15.4. The molecule has 0 spiro atoms. The minimum atomic E-state index is -1.11. The first-order chi connectivity index (χ1) is 8.93. The number of urea groups is 1. The van der Waals surface area contributed by atoms with Crippen molar-refractivity contribution >= 4 is 6.03 Å². The summed E-state index contributed by atoms with van der Waals surface area (Å²) >= 11 is 0. The topological polar surface area (TPSA) is 70.6 Å². The number of ether oxygens (including phenoxy) is 1. The highest BCUT2D eigenvalue weighted by molar-refractivity contribution is 5.73. The Balaban J connectivity index is 2.30. The van der Waals surface area contributed by atoms with E-state index in [1.54, 1.807) is 19.1 Å². The van der Waals surface area contributed by atoms with E-state index < -0.39 is 11.6 Å². The van der Waals surface area contributed by atoms with Crippen LogP contribution in [0.4, 0.5) is 9.18 Å². The molecule has 3 N–H and O–H groups in total. The van der Waals surface area contributed by atoms with Gasteiger partial charge in [-0.25, -0.2) is 9.18 Å². The maximum atomic E-state index is 12.7. The molecular formula is C13H19FN2O3. The number of carbonyl (C=O) groups excluding carboxylic acids is 1. The molecule has 0 saturated carbocycles. The first-order valence-electron chi connectivity index (χ1n) is 5.90. The van der Waals surface area contributed by atoms with Crippen molar-refractivity contribution in [2.45, 2.75) is 19.1 Å². The zero-order chi connectivity index (χ0) is 14.3. The fourth-order valence-electron chi connectivity index (χ4n) is 1.48. The van der Waals surface area contributed by atoms with Crippen molar-refractivity contribution in [1.82, 2.24) is 10.6 Å². The van der Waals surface area contributed by atoms with Gasteiger partial charge in [-0.3, -0.25) is 0 Å². The average Bonchev–Trinajstić information content (AvgIpc) is 2.36. The van der Waals surface area contributed by atoms with Crippen molar-refractivity contribution in [1.29, 1.82) is 0 Å². The number of halogens is 1. The molecule has 0 unspecified atom stereocenters. The van der Waals surface area contributed by atoms with Crippen LogP contribution in [0.15, 0.2) is 24.3 Å². The molecule has 1 atom stereocenters. The molecule has 1 rings (SSSR count). The van der Waals surface area contributed by atoms with Gasteiger partial charge in [0.2, 0.25) is 0 Å². The molecule has 1 aromatic carbocycles. The Labute approximate surface area is 111 Å². The number of methoxy groups -OCH3 is 1. The second kappa shape index (κ2) is 7.06. The zero-order valence-corrected chi connectivity index (χ0v) is 11.1. The van der Waals surface area contributed by atoms with Crippen molar-refractivity contribution in [2.24, 2.45) is 0 Å². The molecule has 0 aliphatic carbocycles. The van der Waals surface area contributed by atoms with Gasteiger partial charge in [-0.1, -0.05) is 12.1 Å². The van der Waals surface area contributed by atoms with Gasteiger partial charge >= 0.3 is 6.03 Å². The molecule has 19 heavy (non-hydrogen) atoms. The molecule has 106 valence electrons. The fraction of sp³-hybridized carbons (Fsp3) is 0.462. The smallest absolute Gasteiger partial charge is 0.315 e. The van der Waals surface area contributed by atoms with Gasteiger partial charge in [0.05, 0.1) is 13.2 Å². The molecule has 6 heteroatoms. The molecule has 0 saturated heterocycles. The molecular weight excluding hydrogens is 251 g/mol. The number of hydrogen-bond donors (Lipinski definition) is 3. The number of carbonyl (C=O) groups is 1. The Hall–Kier alpha value is -1.66. The van der Waals surface area contributed by atoms with Crippen molar-refractivity contribution in [2.75, 3.05) is 20.3 Å². The lowest BCUT2D eigenvalue weighted by atomic mass is 10.1. The minimum absolute atomic E-state index is 0.0795. The SMILES string of the molecule is COC[C@](C)(O)CNC(=O)NCc1ccc(F)cc1. The van der Waals surface area contributed by atoms with E-state index in [-0.39, 0.29) is 19.0 Å². The third kappa shape index (κ3) is 6.17. The number of nitrogens with one attached hydrogen (secondary N) is 2. The molecule has 0 aliphatic heterocycles. The van der Waals surface area contributed by atoms with Crippen LogP contribution in [0.5, 0.6) is 0 Å². The number of amides is 2. The molecule has 2 amide bonds. The molecule has 5 nitrogen and oxygen atoms in total. The number of benzene rings is 1. The molecule has 0 fully saturated rings. The maximum absolute atomic E-state index is 12.7. The van der Waals surface area contributed by atoms with Gasteiger partial charge < -0.3 is 20.5 Å². The minimum Gasteiger partial charge on any atom is -0.386 e. The predicted octanol–water partition coefficient (Wildman–Crippen LogP) is 1.02. The quantitative estimate of drug-likeness (QED) is 0.723. The van der Waals surface area contributed by atoms with Crippen LogP contribution in [-0.4, -0.2) is 37.0 Å². The summed E-state index contributed by atoms with van der Waals surface area (Å²) in [4.78, 5) is 11.5. The summed E-state index contributed by atoms with van der Waals surface area (Å²) in [5, 5.41) is 14.9. The van der Waals surface area contributed by atoms with Crippen LogP contribution in [0.25, 0.3) is 0 Å². The van der Waals surface area contributed by atoms with E-state index in [9.17, 15) is 14.3 Å². The number of rotatable bonds is 6. The normalized spacial score (nSPS) is 13.7. The highest BCUT2D eigenvalue weighted by Crippen LogP contribution is 2.03. The van der Waals surface area contributed by atoms with Gasteiger partial charge in [0.1, 0.15) is 11.4 Å². The van der Waals surface area contributed by atoms with E-state index >= 15 is 0 Å². The van der Waals surface area contributed by atoms with Gasteiger partial charge in [0.15, 0.2) is 0 Å². The van der Waals surface area contributed by atoms with E-state index in [2.05, 4.69) is 10.6 Å². The Kier molecular flexibility index (Phi) is 5.72. The highest BCUT2D eigenvalue weighted by atomic mass is 19.1.